The van der Waals surface area contributed by atoms with E-state index in [4.69, 9.17) is 4.74 Å². The molecule has 0 spiro atoms. The quantitative estimate of drug-likeness (QED) is 0.787. The Hall–Kier alpha value is -3.35. The van der Waals surface area contributed by atoms with Crippen LogP contribution in [0.5, 0.6) is 5.75 Å². The fourth-order valence-corrected chi connectivity index (χ4v) is 3.47. The molecular weight excluding hydrogens is 370 g/mol. The van der Waals surface area contributed by atoms with Crippen molar-refractivity contribution in [3.05, 3.63) is 59.7 Å². The summed E-state index contributed by atoms with van der Waals surface area (Å²) in [5, 5.41) is 5.39. The molecule has 1 aliphatic heterocycles. The summed E-state index contributed by atoms with van der Waals surface area (Å²) in [6.07, 6.45) is 1.34. The van der Waals surface area contributed by atoms with Crippen molar-refractivity contribution < 1.29 is 19.1 Å². The number of amides is 3. The van der Waals surface area contributed by atoms with Crippen LogP contribution < -0.4 is 15.4 Å². The van der Waals surface area contributed by atoms with Gasteiger partial charge in [0.2, 0.25) is 5.91 Å². The largest absolute Gasteiger partial charge is 0.493 e. The van der Waals surface area contributed by atoms with Crippen molar-refractivity contribution in [3.63, 3.8) is 0 Å². The van der Waals surface area contributed by atoms with Crippen LogP contribution in [0.25, 0.3) is 0 Å². The summed E-state index contributed by atoms with van der Waals surface area (Å²) in [4.78, 5) is 39.4. The van der Waals surface area contributed by atoms with Crippen molar-refractivity contribution in [1.29, 1.82) is 0 Å². The van der Waals surface area contributed by atoms with Gasteiger partial charge < -0.3 is 20.3 Å². The lowest BCUT2D eigenvalue weighted by Crippen LogP contribution is -2.43. The molecular formula is C22H25N3O4. The normalized spacial score (nSPS) is 15.7. The van der Waals surface area contributed by atoms with Crippen LogP contribution in [0.3, 0.4) is 0 Å². The Bertz CT molecular complexity index is 912. The maximum atomic E-state index is 13.1. The smallest absolute Gasteiger partial charge is 0.258 e. The third kappa shape index (κ3) is 4.56. The first-order chi connectivity index (χ1) is 14.0. The molecule has 0 saturated carbocycles. The zero-order valence-corrected chi connectivity index (χ0v) is 16.6. The zero-order valence-electron chi connectivity index (χ0n) is 16.6. The molecule has 0 bridgehead atoms. The first-order valence-corrected chi connectivity index (χ1v) is 9.71. The van der Waals surface area contributed by atoms with Crippen molar-refractivity contribution in [3.8, 4) is 5.75 Å². The van der Waals surface area contributed by atoms with Crippen LogP contribution in [-0.2, 0) is 4.79 Å². The number of nitrogens with zero attached hydrogens (tertiary/aromatic N) is 1. The second-order valence-electron chi connectivity index (χ2n) is 6.73. The van der Waals surface area contributed by atoms with E-state index >= 15 is 0 Å². The Morgan fingerprint density at radius 1 is 1.14 bits per heavy atom. The van der Waals surface area contributed by atoms with Crippen LogP contribution in [0.2, 0.25) is 0 Å². The standard InChI is InChI=1S/C22H25N3O4/c1-3-29-19-12-5-4-10-17(19)22(28)25-13-7-11-18(25)21(27)24-16-9-6-8-15(14-16)20(26)23-2/h4-6,8-10,12,14,18H,3,7,11,13H2,1-2H3,(H,23,26)(H,24,27). The molecule has 152 valence electrons. The van der Waals surface area contributed by atoms with E-state index in [9.17, 15) is 14.4 Å². The molecule has 0 aromatic heterocycles. The molecule has 1 heterocycles. The number of benzene rings is 2. The van der Waals surface area contributed by atoms with Crippen molar-refractivity contribution >= 4 is 23.4 Å². The van der Waals surface area contributed by atoms with E-state index in [0.717, 1.165) is 6.42 Å². The SMILES string of the molecule is CCOc1ccccc1C(=O)N1CCCC1C(=O)Nc1cccc(C(=O)NC)c1. The van der Waals surface area contributed by atoms with Gasteiger partial charge in [0.15, 0.2) is 0 Å². The number of hydrogen-bond acceptors (Lipinski definition) is 4. The number of carbonyl (C=O) groups is 3. The molecule has 7 heteroatoms. The summed E-state index contributed by atoms with van der Waals surface area (Å²) in [5.74, 6) is -0.194. The monoisotopic (exact) mass is 395 g/mol. The highest BCUT2D eigenvalue weighted by atomic mass is 16.5. The Morgan fingerprint density at radius 3 is 2.69 bits per heavy atom. The average Bonchev–Trinajstić information content (AvgIpc) is 3.23. The van der Waals surface area contributed by atoms with Gasteiger partial charge in [0.1, 0.15) is 11.8 Å². The van der Waals surface area contributed by atoms with Crippen molar-refractivity contribution in [2.45, 2.75) is 25.8 Å². The van der Waals surface area contributed by atoms with Crippen molar-refractivity contribution in [1.82, 2.24) is 10.2 Å². The van der Waals surface area contributed by atoms with E-state index in [0.29, 0.717) is 42.1 Å². The highest BCUT2D eigenvalue weighted by molar-refractivity contribution is 6.03. The summed E-state index contributed by atoms with van der Waals surface area (Å²) in [7, 11) is 1.55. The Morgan fingerprint density at radius 2 is 1.93 bits per heavy atom. The molecule has 2 aromatic carbocycles. The minimum absolute atomic E-state index is 0.217. The van der Waals surface area contributed by atoms with Crippen molar-refractivity contribution in [2.75, 3.05) is 25.5 Å². The molecule has 1 aliphatic rings. The number of rotatable bonds is 6. The molecule has 2 N–H and O–H groups in total. The van der Waals surface area contributed by atoms with Gasteiger partial charge in [-0.15, -0.1) is 0 Å². The number of nitrogens with one attached hydrogen (secondary N) is 2. The number of ether oxygens (including phenoxy) is 1. The number of hydrogen-bond donors (Lipinski definition) is 2. The predicted molar refractivity (Wildman–Crippen MR) is 110 cm³/mol. The lowest BCUT2D eigenvalue weighted by atomic mass is 10.1. The first kappa shape index (κ1) is 20.4. The fourth-order valence-electron chi connectivity index (χ4n) is 3.47. The van der Waals surface area contributed by atoms with E-state index in [1.165, 1.54) is 0 Å². The summed E-state index contributed by atoms with van der Waals surface area (Å²) < 4.78 is 5.57. The van der Waals surface area contributed by atoms with Gasteiger partial charge >= 0.3 is 0 Å². The lowest BCUT2D eigenvalue weighted by Gasteiger charge is -2.25. The van der Waals surface area contributed by atoms with Gasteiger partial charge in [-0.25, -0.2) is 0 Å². The highest BCUT2D eigenvalue weighted by Gasteiger charge is 2.35. The maximum absolute atomic E-state index is 13.1. The second kappa shape index (κ2) is 9.23. The minimum Gasteiger partial charge on any atom is -0.493 e. The van der Waals surface area contributed by atoms with Gasteiger partial charge in [-0.3, -0.25) is 14.4 Å². The Labute approximate surface area is 170 Å². The topological polar surface area (TPSA) is 87.7 Å². The Balaban J connectivity index is 1.76. The van der Waals surface area contributed by atoms with Crippen LogP contribution in [0.1, 0.15) is 40.5 Å². The van der Waals surface area contributed by atoms with Gasteiger partial charge in [-0.05, 0) is 50.1 Å². The average molecular weight is 395 g/mol. The molecule has 1 unspecified atom stereocenters. The third-order valence-electron chi connectivity index (χ3n) is 4.85. The molecule has 1 fully saturated rings. The second-order valence-corrected chi connectivity index (χ2v) is 6.73. The lowest BCUT2D eigenvalue weighted by molar-refractivity contribution is -0.119. The number of anilines is 1. The van der Waals surface area contributed by atoms with Gasteiger partial charge in [0.25, 0.3) is 11.8 Å². The molecule has 7 nitrogen and oxygen atoms in total. The van der Waals surface area contributed by atoms with E-state index in [1.54, 1.807) is 54.4 Å². The molecule has 3 amide bonds. The summed E-state index contributed by atoms with van der Waals surface area (Å²) in [6.45, 7) is 2.83. The maximum Gasteiger partial charge on any atom is 0.258 e. The van der Waals surface area contributed by atoms with Crippen LogP contribution in [0, 0.1) is 0 Å². The molecule has 2 aromatic rings. The molecule has 29 heavy (non-hydrogen) atoms. The molecule has 0 aliphatic carbocycles. The highest BCUT2D eigenvalue weighted by Crippen LogP contribution is 2.26. The van der Waals surface area contributed by atoms with Gasteiger partial charge in [-0.1, -0.05) is 18.2 Å². The fraction of sp³-hybridized carbons (Fsp3) is 0.318. The summed E-state index contributed by atoms with van der Waals surface area (Å²) in [6, 6.07) is 13.2. The third-order valence-corrected chi connectivity index (χ3v) is 4.85. The van der Waals surface area contributed by atoms with E-state index < -0.39 is 6.04 Å². The number of likely N-dealkylation sites (tertiary alicyclic amines) is 1. The zero-order chi connectivity index (χ0) is 20.8. The van der Waals surface area contributed by atoms with E-state index in [-0.39, 0.29) is 17.7 Å². The van der Waals surface area contributed by atoms with Crippen molar-refractivity contribution in [2.24, 2.45) is 0 Å². The van der Waals surface area contributed by atoms with Gasteiger partial charge in [0.05, 0.1) is 12.2 Å². The summed E-state index contributed by atoms with van der Waals surface area (Å²) in [5.41, 5.74) is 1.43. The minimum atomic E-state index is -0.569. The number of para-hydroxylation sites is 1. The molecule has 0 radical (unpaired) electrons. The number of carbonyl (C=O) groups excluding carboxylic acids is 3. The van der Waals surface area contributed by atoms with E-state index in [1.807, 2.05) is 13.0 Å². The summed E-state index contributed by atoms with van der Waals surface area (Å²) >= 11 is 0. The van der Waals surface area contributed by atoms with Crippen LogP contribution in [-0.4, -0.2) is 48.9 Å². The molecule has 1 saturated heterocycles. The van der Waals surface area contributed by atoms with Crippen LogP contribution in [0.15, 0.2) is 48.5 Å². The van der Waals surface area contributed by atoms with Gasteiger partial charge in [-0.2, -0.15) is 0 Å². The predicted octanol–water partition coefficient (Wildman–Crippen LogP) is 2.69. The molecule has 1 atom stereocenters. The van der Waals surface area contributed by atoms with E-state index in [2.05, 4.69) is 10.6 Å². The first-order valence-electron chi connectivity index (χ1n) is 9.71. The molecule has 3 rings (SSSR count). The van der Waals surface area contributed by atoms with Gasteiger partial charge in [0, 0.05) is 24.8 Å². The Kier molecular flexibility index (Phi) is 6.49. The van der Waals surface area contributed by atoms with Crippen LogP contribution in [0.4, 0.5) is 5.69 Å². The van der Waals surface area contributed by atoms with Crippen LogP contribution >= 0.6 is 0 Å².